The molecular formula is C9H10N6O3. The van der Waals surface area contributed by atoms with Crippen LogP contribution in [0.2, 0.25) is 0 Å². The van der Waals surface area contributed by atoms with Crippen LogP contribution in [0.5, 0.6) is 5.88 Å². The number of hydrogen-bond acceptors (Lipinski definition) is 7. The first kappa shape index (κ1) is 11.8. The first-order valence-electron chi connectivity index (χ1n) is 4.98. The number of nitrogens with one attached hydrogen (secondary N) is 2. The molecule has 0 saturated heterocycles. The summed E-state index contributed by atoms with van der Waals surface area (Å²) in [5.41, 5.74) is -0.129. The Kier molecular flexibility index (Phi) is 3.32. The number of hydrogen-bond donors (Lipinski definition) is 2. The molecule has 18 heavy (non-hydrogen) atoms. The highest BCUT2D eigenvalue weighted by Crippen LogP contribution is 2.24. The van der Waals surface area contributed by atoms with Crippen LogP contribution in [0.15, 0.2) is 18.5 Å². The Hall–Kier alpha value is -2.71. The van der Waals surface area contributed by atoms with Crippen molar-refractivity contribution >= 4 is 11.5 Å². The molecule has 2 N–H and O–H groups in total. The van der Waals surface area contributed by atoms with E-state index >= 15 is 0 Å². The molecule has 0 aliphatic carbocycles. The van der Waals surface area contributed by atoms with E-state index in [0.29, 0.717) is 11.7 Å². The van der Waals surface area contributed by atoms with Gasteiger partial charge >= 0.3 is 5.69 Å². The van der Waals surface area contributed by atoms with Crippen molar-refractivity contribution in [3.8, 4) is 5.88 Å². The van der Waals surface area contributed by atoms with Gasteiger partial charge in [0.25, 0.3) is 0 Å². The van der Waals surface area contributed by atoms with E-state index in [0.717, 1.165) is 0 Å². The molecule has 0 radical (unpaired) electrons. The lowest BCUT2D eigenvalue weighted by molar-refractivity contribution is -0.384. The zero-order valence-corrected chi connectivity index (χ0v) is 9.45. The predicted molar refractivity (Wildman–Crippen MR) is 61.2 cm³/mol. The maximum atomic E-state index is 10.8. The van der Waals surface area contributed by atoms with Crippen LogP contribution in [0.4, 0.5) is 11.5 Å². The number of pyridine rings is 1. The zero-order chi connectivity index (χ0) is 13.0. The van der Waals surface area contributed by atoms with Crippen LogP contribution in [0, 0.1) is 10.1 Å². The summed E-state index contributed by atoms with van der Waals surface area (Å²) in [6, 6.07) is 2.76. The SMILES string of the molecule is COc1ccc([N+](=O)[O-])c(NCc2ncn[nH]2)n1. The van der Waals surface area contributed by atoms with E-state index in [9.17, 15) is 10.1 Å². The second kappa shape index (κ2) is 5.08. The third-order valence-electron chi connectivity index (χ3n) is 2.14. The van der Waals surface area contributed by atoms with Gasteiger partial charge in [-0.2, -0.15) is 10.1 Å². The fourth-order valence-electron chi connectivity index (χ4n) is 1.31. The highest BCUT2D eigenvalue weighted by molar-refractivity contribution is 5.56. The maximum absolute atomic E-state index is 10.8. The number of methoxy groups -OCH3 is 1. The van der Waals surface area contributed by atoms with Crippen molar-refractivity contribution in [2.24, 2.45) is 0 Å². The van der Waals surface area contributed by atoms with Crippen LogP contribution >= 0.6 is 0 Å². The largest absolute Gasteiger partial charge is 0.481 e. The Morgan fingerprint density at radius 2 is 2.39 bits per heavy atom. The van der Waals surface area contributed by atoms with Gasteiger partial charge in [-0.3, -0.25) is 15.2 Å². The molecule has 0 bridgehead atoms. The standard InChI is InChI=1S/C9H10N6O3/c1-18-8-3-2-6(15(16)17)9(13-8)10-4-7-11-5-12-14-7/h2-3,5H,4H2,1H3,(H,10,13)(H,11,12,14). The molecule has 9 nitrogen and oxygen atoms in total. The van der Waals surface area contributed by atoms with Crippen molar-refractivity contribution in [2.45, 2.75) is 6.54 Å². The Bertz CT molecular complexity index is 541. The van der Waals surface area contributed by atoms with E-state index in [1.807, 2.05) is 0 Å². The smallest absolute Gasteiger partial charge is 0.311 e. The summed E-state index contributed by atoms with van der Waals surface area (Å²) in [6.45, 7) is 0.251. The summed E-state index contributed by atoms with van der Waals surface area (Å²) in [5, 5.41) is 19.9. The number of ether oxygens (including phenoxy) is 1. The van der Waals surface area contributed by atoms with Gasteiger partial charge in [0.2, 0.25) is 11.7 Å². The Morgan fingerprint density at radius 1 is 1.56 bits per heavy atom. The molecule has 0 unspecified atom stereocenters. The molecule has 94 valence electrons. The number of rotatable bonds is 5. The zero-order valence-electron chi connectivity index (χ0n) is 9.45. The number of anilines is 1. The highest BCUT2D eigenvalue weighted by atomic mass is 16.6. The van der Waals surface area contributed by atoms with E-state index in [2.05, 4.69) is 25.5 Å². The van der Waals surface area contributed by atoms with Gasteiger partial charge in [-0.25, -0.2) is 4.98 Å². The van der Waals surface area contributed by atoms with Crippen LogP contribution in [0.25, 0.3) is 0 Å². The van der Waals surface area contributed by atoms with Crippen LogP contribution in [-0.2, 0) is 6.54 Å². The summed E-state index contributed by atoms with van der Waals surface area (Å²) in [4.78, 5) is 18.2. The van der Waals surface area contributed by atoms with Crippen LogP contribution in [0.3, 0.4) is 0 Å². The lowest BCUT2D eigenvalue weighted by atomic mass is 10.4. The number of aromatic nitrogens is 4. The van der Waals surface area contributed by atoms with Crippen molar-refractivity contribution in [1.82, 2.24) is 20.2 Å². The van der Waals surface area contributed by atoms with E-state index in [-0.39, 0.29) is 18.1 Å². The lowest BCUT2D eigenvalue weighted by Gasteiger charge is -2.06. The second-order valence-electron chi connectivity index (χ2n) is 3.26. The molecular weight excluding hydrogens is 240 g/mol. The minimum absolute atomic E-state index is 0.121. The Labute approximate surface area is 101 Å². The maximum Gasteiger partial charge on any atom is 0.311 e. The molecule has 0 fully saturated rings. The van der Waals surface area contributed by atoms with E-state index < -0.39 is 4.92 Å². The molecule has 0 saturated carbocycles. The van der Waals surface area contributed by atoms with Gasteiger partial charge in [-0.1, -0.05) is 0 Å². The number of H-pyrrole nitrogens is 1. The quantitative estimate of drug-likeness (QED) is 0.592. The van der Waals surface area contributed by atoms with Gasteiger partial charge in [-0.15, -0.1) is 0 Å². The number of aromatic amines is 1. The first-order valence-corrected chi connectivity index (χ1v) is 4.98. The monoisotopic (exact) mass is 250 g/mol. The van der Waals surface area contributed by atoms with Gasteiger partial charge in [-0.05, 0) is 0 Å². The topological polar surface area (TPSA) is 119 Å². The van der Waals surface area contributed by atoms with Gasteiger partial charge < -0.3 is 10.1 Å². The van der Waals surface area contributed by atoms with E-state index in [4.69, 9.17) is 4.74 Å². The molecule has 2 heterocycles. The molecule has 0 aliphatic rings. The third-order valence-corrected chi connectivity index (χ3v) is 2.14. The fourth-order valence-corrected chi connectivity index (χ4v) is 1.31. The predicted octanol–water partition coefficient (Wildman–Crippen LogP) is 0.729. The summed E-state index contributed by atoms with van der Waals surface area (Å²) < 4.78 is 4.92. The van der Waals surface area contributed by atoms with Crippen molar-refractivity contribution in [3.05, 3.63) is 34.4 Å². The lowest BCUT2D eigenvalue weighted by Crippen LogP contribution is -2.06. The average Bonchev–Trinajstić information content (AvgIpc) is 2.88. The molecule has 0 spiro atoms. The highest BCUT2D eigenvalue weighted by Gasteiger charge is 2.16. The second-order valence-corrected chi connectivity index (χ2v) is 3.26. The van der Waals surface area contributed by atoms with Crippen molar-refractivity contribution in [1.29, 1.82) is 0 Å². The Balaban J connectivity index is 2.20. The van der Waals surface area contributed by atoms with Crippen molar-refractivity contribution < 1.29 is 9.66 Å². The first-order chi connectivity index (χ1) is 8.70. The molecule has 0 amide bonds. The molecule has 2 rings (SSSR count). The minimum atomic E-state index is -0.519. The van der Waals surface area contributed by atoms with Gasteiger partial charge in [0.15, 0.2) is 0 Å². The summed E-state index contributed by atoms with van der Waals surface area (Å²) in [6.07, 6.45) is 1.35. The van der Waals surface area contributed by atoms with E-state index in [1.165, 1.54) is 25.6 Å². The average molecular weight is 250 g/mol. The van der Waals surface area contributed by atoms with Crippen molar-refractivity contribution in [3.63, 3.8) is 0 Å². The third kappa shape index (κ3) is 2.51. The van der Waals surface area contributed by atoms with Crippen LogP contribution < -0.4 is 10.1 Å². The Morgan fingerprint density at radius 3 is 3.00 bits per heavy atom. The van der Waals surface area contributed by atoms with Crippen LogP contribution in [0.1, 0.15) is 5.82 Å². The molecule has 0 aromatic carbocycles. The van der Waals surface area contributed by atoms with Crippen molar-refractivity contribution in [2.75, 3.05) is 12.4 Å². The molecule has 2 aromatic rings. The molecule has 9 heteroatoms. The van der Waals surface area contributed by atoms with Gasteiger partial charge in [0.1, 0.15) is 12.2 Å². The van der Waals surface area contributed by atoms with Crippen LogP contribution in [-0.4, -0.2) is 32.2 Å². The van der Waals surface area contributed by atoms with E-state index in [1.54, 1.807) is 0 Å². The molecule has 2 aromatic heterocycles. The molecule has 0 aliphatic heterocycles. The van der Waals surface area contributed by atoms with Gasteiger partial charge in [0.05, 0.1) is 18.6 Å². The number of nitrogens with zero attached hydrogens (tertiary/aromatic N) is 4. The van der Waals surface area contributed by atoms with Gasteiger partial charge in [0, 0.05) is 12.1 Å². The summed E-state index contributed by atoms with van der Waals surface area (Å²) in [7, 11) is 1.44. The molecule has 0 atom stereocenters. The minimum Gasteiger partial charge on any atom is -0.481 e. The summed E-state index contributed by atoms with van der Waals surface area (Å²) >= 11 is 0. The summed E-state index contributed by atoms with van der Waals surface area (Å²) in [5.74, 6) is 0.963. The normalized spacial score (nSPS) is 10.1. The fraction of sp³-hybridized carbons (Fsp3) is 0.222. The number of nitro groups is 1.